The Morgan fingerprint density at radius 1 is 1.38 bits per heavy atom. The zero-order valence-corrected chi connectivity index (χ0v) is 11.0. The Morgan fingerprint density at radius 3 is 2.62 bits per heavy atom. The molecule has 2 atom stereocenters. The summed E-state index contributed by atoms with van der Waals surface area (Å²) < 4.78 is 5.58. The second kappa shape index (κ2) is 6.24. The standard InChI is InChI=1S/C13H25NO2/c1-10(2)9-16-12(4)13(15)14-8-6-5-7-11(14)3/h10-12H,5-9H2,1-4H3/t11-,12-/m1/s1. The van der Waals surface area contributed by atoms with Crippen LogP contribution in [0.1, 0.15) is 47.0 Å². The molecule has 0 aromatic heterocycles. The van der Waals surface area contributed by atoms with E-state index in [1.54, 1.807) is 0 Å². The lowest BCUT2D eigenvalue weighted by Crippen LogP contribution is -2.47. The molecule has 94 valence electrons. The lowest BCUT2D eigenvalue weighted by Gasteiger charge is -2.35. The number of carbonyl (C=O) groups is 1. The van der Waals surface area contributed by atoms with E-state index >= 15 is 0 Å². The van der Waals surface area contributed by atoms with Gasteiger partial charge in [0.2, 0.25) is 0 Å². The SMILES string of the molecule is CC(C)CO[C@H](C)C(=O)N1CCCC[C@H]1C. The van der Waals surface area contributed by atoms with Crippen LogP contribution in [0.5, 0.6) is 0 Å². The van der Waals surface area contributed by atoms with Crippen molar-refractivity contribution in [3.05, 3.63) is 0 Å². The summed E-state index contributed by atoms with van der Waals surface area (Å²) in [7, 11) is 0. The van der Waals surface area contributed by atoms with Gasteiger partial charge in [0.1, 0.15) is 6.10 Å². The first-order valence-electron chi connectivity index (χ1n) is 6.44. The van der Waals surface area contributed by atoms with Gasteiger partial charge in [0.05, 0.1) is 0 Å². The first-order valence-corrected chi connectivity index (χ1v) is 6.44. The molecule has 0 saturated carbocycles. The third-order valence-electron chi connectivity index (χ3n) is 3.11. The van der Waals surface area contributed by atoms with Crippen molar-refractivity contribution in [2.75, 3.05) is 13.2 Å². The van der Waals surface area contributed by atoms with Gasteiger partial charge in [-0.05, 0) is 39.0 Å². The Morgan fingerprint density at radius 2 is 2.06 bits per heavy atom. The van der Waals surface area contributed by atoms with Crippen LogP contribution in [0.4, 0.5) is 0 Å². The van der Waals surface area contributed by atoms with Crippen LogP contribution in [0.3, 0.4) is 0 Å². The van der Waals surface area contributed by atoms with Crippen LogP contribution in [0.25, 0.3) is 0 Å². The van der Waals surface area contributed by atoms with Crippen LogP contribution in [0, 0.1) is 5.92 Å². The quantitative estimate of drug-likeness (QED) is 0.738. The maximum Gasteiger partial charge on any atom is 0.251 e. The summed E-state index contributed by atoms with van der Waals surface area (Å²) in [5.41, 5.74) is 0. The predicted octanol–water partition coefficient (Wildman–Crippen LogP) is 2.45. The van der Waals surface area contributed by atoms with Crippen molar-refractivity contribution in [1.29, 1.82) is 0 Å². The zero-order chi connectivity index (χ0) is 12.1. The smallest absolute Gasteiger partial charge is 0.251 e. The van der Waals surface area contributed by atoms with E-state index < -0.39 is 0 Å². The summed E-state index contributed by atoms with van der Waals surface area (Å²) in [5, 5.41) is 0. The molecule has 0 spiro atoms. The van der Waals surface area contributed by atoms with Crippen LogP contribution >= 0.6 is 0 Å². The highest BCUT2D eigenvalue weighted by Gasteiger charge is 2.27. The second-order valence-corrected chi connectivity index (χ2v) is 5.25. The molecule has 0 N–H and O–H groups in total. The molecule has 1 fully saturated rings. The van der Waals surface area contributed by atoms with Crippen molar-refractivity contribution < 1.29 is 9.53 Å². The minimum Gasteiger partial charge on any atom is -0.368 e. The number of rotatable bonds is 4. The van der Waals surface area contributed by atoms with E-state index in [0.29, 0.717) is 18.6 Å². The van der Waals surface area contributed by atoms with Gasteiger partial charge in [-0.1, -0.05) is 13.8 Å². The third kappa shape index (κ3) is 3.78. The summed E-state index contributed by atoms with van der Waals surface area (Å²) in [4.78, 5) is 14.1. The number of likely N-dealkylation sites (tertiary alicyclic amines) is 1. The Balaban J connectivity index is 2.42. The molecular weight excluding hydrogens is 202 g/mol. The summed E-state index contributed by atoms with van der Waals surface area (Å²) >= 11 is 0. The van der Waals surface area contributed by atoms with Gasteiger partial charge in [-0.3, -0.25) is 4.79 Å². The molecule has 1 amide bonds. The highest BCUT2D eigenvalue weighted by atomic mass is 16.5. The molecule has 3 nitrogen and oxygen atoms in total. The van der Waals surface area contributed by atoms with Crippen molar-refractivity contribution in [3.8, 4) is 0 Å². The van der Waals surface area contributed by atoms with Crippen molar-refractivity contribution in [2.45, 2.75) is 59.1 Å². The number of nitrogens with zero attached hydrogens (tertiary/aromatic N) is 1. The Labute approximate surface area is 99.1 Å². The Bertz CT molecular complexity index is 228. The molecule has 1 heterocycles. The molecule has 0 radical (unpaired) electrons. The average molecular weight is 227 g/mol. The van der Waals surface area contributed by atoms with E-state index in [1.807, 2.05) is 11.8 Å². The van der Waals surface area contributed by atoms with E-state index in [9.17, 15) is 4.79 Å². The molecule has 0 aliphatic carbocycles. The summed E-state index contributed by atoms with van der Waals surface area (Å²) in [5.74, 6) is 0.641. The fraction of sp³-hybridized carbons (Fsp3) is 0.923. The van der Waals surface area contributed by atoms with Crippen LogP contribution in [-0.4, -0.2) is 36.1 Å². The fourth-order valence-electron chi connectivity index (χ4n) is 2.07. The van der Waals surface area contributed by atoms with Crippen molar-refractivity contribution in [1.82, 2.24) is 4.90 Å². The van der Waals surface area contributed by atoms with Crippen LogP contribution in [0.15, 0.2) is 0 Å². The number of hydrogen-bond donors (Lipinski definition) is 0. The van der Waals surface area contributed by atoms with Crippen molar-refractivity contribution >= 4 is 5.91 Å². The normalized spacial score (nSPS) is 23.6. The first kappa shape index (κ1) is 13.5. The largest absolute Gasteiger partial charge is 0.368 e. The molecule has 0 aromatic carbocycles. The minimum atomic E-state index is -0.289. The van der Waals surface area contributed by atoms with Crippen molar-refractivity contribution in [3.63, 3.8) is 0 Å². The van der Waals surface area contributed by atoms with Crippen molar-refractivity contribution in [2.24, 2.45) is 5.92 Å². The van der Waals surface area contributed by atoms with Crippen LogP contribution in [-0.2, 0) is 9.53 Å². The van der Waals surface area contributed by atoms with Crippen LogP contribution < -0.4 is 0 Å². The topological polar surface area (TPSA) is 29.5 Å². The summed E-state index contributed by atoms with van der Waals surface area (Å²) in [6, 6.07) is 0.381. The number of amides is 1. The molecule has 1 rings (SSSR count). The van der Waals surface area contributed by atoms with E-state index in [0.717, 1.165) is 19.4 Å². The maximum atomic E-state index is 12.1. The summed E-state index contributed by atoms with van der Waals surface area (Å²) in [6.07, 6.45) is 3.21. The lowest BCUT2D eigenvalue weighted by molar-refractivity contribution is -0.146. The maximum absolute atomic E-state index is 12.1. The van der Waals surface area contributed by atoms with Gasteiger partial charge < -0.3 is 9.64 Å². The predicted molar refractivity (Wildman–Crippen MR) is 65.3 cm³/mol. The van der Waals surface area contributed by atoms with E-state index in [2.05, 4.69) is 20.8 Å². The Kier molecular flexibility index (Phi) is 5.26. The van der Waals surface area contributed by atoms with Gasteiger partial charge in [-0.25, -0.2) is 0 Å². The van der Waals surface area contributed by atoms with Crippen LogP contribution in [0.2, 0.25) is 0 Å². The highest BCUT2D eigenvalue weighted by Crippen LogP contribution is 2.18. The number of hydrogen-bond acceptors (Lipinski definition) is 2. The van der Waals surface area contributed by atoms with Gasteiger partial charge in [0, 0.05) is 19.2 Å². The van der Waals surface area contributed by atoms with E-state index in [1.165, 1.54) is 6.42 Å². The number of piperidine rings is 1. The molecular formula is C13H25NO2. The first-order chi connectivity index (χ1) is 7.52. The van der Waals surface area contributed by atoms with Gasteiger partial charge >= 0.3 is 0 Å². The van der Waals surface area contributed by atoms with E-state index in [4.69, 9.17) is 4.74 Å². The second-order valence-electron chi connectivity index (χ2n) is 5.25. The number of carbonyl (C=O) groups excluding carboxylic acids is 1. The van der Waals surface area contributed by atoms with Gasteiger partial charge in [0.25, 0.3) is 5.91 Å². The van der Waals surface area contributed by atoms with Gasteiger partial charge in [0.15, 0.2) is 0 Å². The molecule has 0 aromatic rings. The highest BCUT2D eigenvalue weighted by molar-refractivity contribution is 5.80. The molecule has 0 bridgehead atoms. The molecule has 1 aliphatic rings. The molecule has 3 heteroatoms. The minimum absolute atomic E-state index is 0.160. The molecule has 0 unspecified atom stereocenters. The average Bonchev–Trinajstić information content (AvgIpc) is 2.25. The van der Waals surface area contributed by atoms with E-state index in [-0.39, 0.29) is 12.0 Å². The zero-order valence-electron chi connectivity index (χ0n) is 11.0. The molecule has 16 heavy (non-hydrogen) atoms. The lowest BCUT2D eigenvalue weighted by atomic mass is 10.0. The third-order valence-corrected chi connectivity index (χ3v) is 3.11. The molecule has 1 saturated heterocycles. The molecule has 1 aliphatic heterocycles. The van der Waals surface area contributed by atoms with Gasteiger partial charge in [-0.15, -0.1) is 0 Å². The van der Waals surface area contributed by atoms with Gasteiger partial charge in [-0.2, -0.15) is 0 Å². The summed E-state index contributed by atoms with van der Waals surface area (Å²) in [6.45, 7) is 9.75. The fourth-order valence-corrected chi connectivity index (χ4v) is 2.07. The monoisotopic (exact) mass is 227 g/mol. The Hall–Kier alpha value is -0.570. The number of ether oxygens (including phenoxy) is 1.